The minimum Gasteiger partial charge on any atom is -0.380 e. The molecule has 6 heteroatoms. The Balaban J connectivity index is 2.40. The van der Waals surface area contributed by atoms with E-state index in [0.717, 1.165) is 6.26 Å². The average Bonchev–Trinajstić information content (AvgIpc) is 3.07. The second-order valence-corrected chi connectivity index (χ2v) is 7.24. The molecule has 1 aromatic carbocycles. The molecule has 0 unspecified atom stereocenters. The molecule has 0 heterocycles. The van der Waals surface area contributed by atoms with Crippen molar-refractivity contribution in [2.75, 3.05) is 19.5 Å². The topological polar surface area (TPSA) is 67.2 Å². The molecule has 2 rings (SSSR count). The monoisotopic (exact) mass is 297 g/mol. The van der Waals surface area contributed by atoms with E-state index in [1.165, 1.54) is 24.3 Å². The molecule has 0 aromatic heterocycles. The van der Waals surface area contributed by atoms with E-state index in [4.69, 9.17) is 4.74 Å². The molecule has 1 saturated carbocycles. The highest BCUT2D eigenvalue weighted by atomic mass is 32.2. The molecule has 0 saturated heterocycles. The van der Waals surface area contributed by atoms with Gasteiger partial charge in [-0.05, 0) is 24.6 Å². The Hall–Kier alpha value is -1.45. The lowest BCUT2D eigenvalue weighted by Crippen LogP contribution is -2.18. The van der Waals surface area contributed by atoms with E-state index >= 15 is 0 Å². The van der Waals surface area contributed by atoms with Gasteiger partial charge in [0.15, 0.2) is 9.84 Å². The first-order valence-corrected chi connectivity index (χ1v) is 8.25. The molecule has 1 aliphatic rings. The van der Waals surface area contributed by atoms with Crippen LogP contribution < -0.4 is 0 Å². The number of hydrogen-bond acceptors (Lipinski definition) is 4. The maximum atomic E-state index is 13.0. The molecular formula is C14H16FNO3S. The Morgan fingerprint density at radius 2 is 2.00 bits per heavy atom. The smallest absolute Gasteiger partial charge is 0.152 e. The maximum absolute atomic E-state index is 13.0. The minimum atomic E-state index is -3.38. The van der Waals surface area contributed by atoms with Crippen LogP contribution in [-0.2, 0) is 14.6 Å². The van der Waals surface area contributed by atoms with E-state index in [1.54, 1.807) is 6.92 Å². The van der Waals surface area contributed by atoms with E-state index < -0.39 is 32.2 Å². The van der Waals surface area contributed by atoms with E-state index in [0.29, 0.717) is 12.2 Å². The van der Waals surface area contributed by atoms with Gasteiger partial charge in [-0.1, -0.05) is 12.1 Å². The van der Waals surface area contributed by atoms with Crippen LogP contribution >= 0.6 is 0 Å². The van der Waals surface area contributed by atoms with Crippen LogP contribution in [0.1, 0.15) is 18.4 Å². The summed E-state index contributed by atoms with van der Waals surface area (Å²) in [6.07, 6.45) is 1.12. The van der Waals surface area contributed by atoms with Gasteiger partial charge >= 0.3 is 0 Å². The first-order chi connectivity index (χ1) is 9.36. The highest BCUT2D eigenvalue weighted by Gasteiger charge is 2.71. The third-order valence-electron chi connectivity index (χ3n) is 3.70. The molecule has 108 valence electrons. The fourth-order valence-corrected chi connectivity index (χ4v) is 4.63. The first-order valence-electron chi connectivity index (χ1n) is 6.30. The minimum absolute atomic E-state index is 0.0692. The molecule has 4 nitrogen and oxygen atoms in total. The van der Waals surface area contributed by atoms with Crippen molar-refractivity contribution in [1.29, 1.82) is 5.26 Å². The molecule has 1 aromatic rings. The number of nitriles is 1. The van der Waals surface area contributed by atoms with E-state index in [-0.39, 0.29) is 6.61 Å². The van der Waals surface area contributed by atoms with Gasteiger partial charge in [-0.2, -0.15) is 5.26 Å². The van der Waals surface area contributed by atoms with Gasteiger partial charge in [0.1, 0.15) is 11.2 Å². The summed E-state index contributed by atoms with van der Waals surface area (Å²) in [5.74, 6) is -0.854. The standard InChI is InChI=1S/C14H16FNO3S/c1-3-19-9-14(8-16)12(13(14)20(2,17)18)10-4-6-11(15)7-5-10/h4-7,12-13H,3,9H2,1-2H3/t12-,13+,14+/m1/s1. The van der Waals surface area contributed by atoms with Crippen molar-refractivity contribution >= 4 is 9.84 Å². The van der Waals surface area contributed by atoms with Gasteiger partial charge in [-0.3, -0.25) is 0 Å². The molecule has 3 atom stereocenters. The molecule has 0 N–H and O–H groups in total. The van der Waals surface area contributed by atoms with Gasteiger partial charge in [0, 0.05) is 18.8 Å². The van der Waals surface area contributed by atoms with Crippen molar-refractivity contribution in [3.8, 4) is 6.07 Å². The maximum Gasteiger partial charge on any atom is 0.152 e. The van der Waals surface area contributed by atoms with Crippen LogP contribution in [0.3, 0.4) is 0 Å². The quantitative estimate of drug-likeness (QED) is 0.832. The zero-order chi connectivity index (χ0) is 15.0. The molecule has 1 fully saturated rings. The molecule has 0 spiro atoms. The van der Waals surface area contributed by atoms with Crippen LogP contribution in [-0.4, -0.2) is 33.1 Å². The normalized spacial score (nSPS) is 28.9. The van der Waals surface area contributed by atoms with Crippen molar-refractivity contribution < 1.29 is 17.5 Å². The van der Waals surface area contributed by atoms with Crippen molar-refractivity contribution in [3.63, 3.8) is 0 Å². The predicted molar refractivity (Wildman–Crippen MR) is 72.3 cm³/mol. The summed E-state index contributed by atoms with van der Waals surface area (Å²) in [6.45, 7) is 2.27. The summed E-state index contributed by atoms with van der Waals surface area (Å²) in [7, 11) is -3.38. The van der Waals surface area contributed by atoms with E-state index in [1.807, 2.05) is 0 Å². The summed E-state index contributed by atoms with van der Waals surface area (Å²) >= 11 is 0. The summed E-state index contributed by atoms with van der Waals surface area (Å²) in [6, 6.07) is 7.72. The van der Waals surface area contributed by atoms with Crippen LogP contribution in [0.15, 0.2) is 24.3 Å². The van der Waals surface area contributed by atoms with Gasteiger partial charge in [0.05, 0.1) is 17.9 Å². The zero-order valence-corrected chi connectivity index (χ0v) is 12.2. The van der Waals surface area contributed by atoms with Crippen LogP contribution in [0.2, 0.25) is 0 Å². The first kappa shape index (κ1) is 14.9. The molecule has 0 amide bonds. The van der Waals surface area contributed by atoms with Gasteiger partial charge in [-0.15, -0.1) is 0 Å². The van der Waals surface area contributed by atoms with E-state index in [9.17, 15) is 18.1 Å². The molecule has 0 bridgehead atoms. The Labute approximate surface area is 118 Å². The fourth-order valence-electron chi connectivity index (χ4n) is 2.78. The fraction of sp³-hybridized carbons (Fsp3) is 0.500. The molecule has 1 aliphatic carbocycles. The van der Waals surface area contributed by atoms with E-state index in [2.05, 4.69) is 6.07 Å². The Morgan fingerprint density at radius 3 is 2.45 bits per heavy atom. The summed E-state index contributed by atoms with van der Waals surface area (Å²) < 4.78 is 42.1. The molecular weight excluding hydrogens is 281 g/mol. The number of benzene rings is 1. The second-order valence-electron chi connectivity index (χ2n) is 5.07. The number of halogens is 1. The van der Waals surface area contributed by atoms with Crippen molar-refractivity contribution in [2.45, 2.75) is 18.1 Å². The van der Waals surface area contributed by atoms with Crippen LogP contribution in [0.4, 0.5) is 4.39 Å². The predicted octanol–water partition coefficient (Wildman–Crippen LogP) is 1.88. The van der Waals surface area contributed by atoms with Crippen molar-refractivity contribution in [2.24, 2.45) is 5.41 Å². The summed E-state index contributed by atoms with van der Waals surface area (Å²) in [5.41, 5.74) is -0.412. The SMILES string of the molecule is CCOC[C@@]1(C#N)[C@H](c2ccc(F)cc2)[C@@H]1S(C)(=O)=O. The van der Waals surface area contributed by atoms with Crippen molar-refractivity contribution in [3.05, 3.63) is 35.6 Å². The highest BCUT2D eigenvalue weighted by Crippen LogP contribution is 2.62. The van der Waals surface area contributed by atoms with Gasteiger partial charge in [0.25, 0.3) is 0 Å². The number of nitrogens with zero attached hydrogens (tertiary/aromatic N) is 1. The number of rotatable bonds is 5. The third-order valence-corrected chi connectivity index (χ3v) is 5.32. The van der Waals surface area contributed by atoms with Crippen LogP contribution in [0.25, 0.3) is 0 Å². The van der Waals surface area contributed by atoms with Crippen molar-refractivity contribution in [1.82, 2.24) is 0 Å². The Kier molecular flexibility index (Phi) is 3.85. The zero-order valence-electron chi connectivity index (χ0n) is 11.3. The van der Waals surface area contributed by atoms with Gasteiger partial charge in [-0.25, -0.2) is 12.8 Å². The van der Waals surface area contributed by atoms with Crippen LogP contribution in [0.5, 0.6) is 0 Å². The molecule has 0 aliphatic heterocycles. The number of sulfone groups is 1. The molecule has 20 heavy (non-hydrogen) atoms. The lowest BCUT2D eigenvalue weighted by molar-refractivity contribution is 0.117. The summed E-state index contributed by atoms with van der Waals surface area (Å²) in [5, 5.41) is 8.64. The number of hydrogen-bond donors (Lipinski definition) is 0. The lowest BCUT2D eigenvalue weighted by Gasteiger charge is -2.08. The second kappa shape index (κ2) is 5.15. The number of ether oxygens (including phenoxy) is 1. The largest absolute Gasteiger partial charge is 0.380 e. The average molecular weight is 297 g/mol. The Morgan fingerprint density at radius 1 is 1.40 bits per heavy atom. The van der Waals surface area contributed by atoms with Gasteiger partial charge < -0.3 is 4.74 Å². The highest BCUT2D eigenvalue weighted by molar-refractivity contribution is 7.91. The van der Waals surface area contributed by atoms with Crippen LogP contribution in [0, 0.1) is 22.6 Å². The third kappa shape index (κ3) is 2.43. The Bertz CT molecular complexity index is 635. The van der Waals surface area contributed by atoms with Gasteiger partial charge in [0.2, 0.25) is 0 Å². The lowest BCUT2D eigenvalue weighted by atomic mass is 10.0. The molecule has 0 radical (unpaired) electrons. The summed E-state index contributed by atoms with van der Waals surface area (Å²) in [4.78, 5) is 0.